The summed E-state index contributed by atoms with van der Waals surface area (Å²) in [5.74, 6) is 0.119. The Kier molecular flexibility index (Phi) is 5.69. The highest BCUT2D eigenvalue weighted by molar-refractivity contribution is 5.47. The Morgan fingerprint density at radius 3 is 2.28 bits per heavy atom. The third-order valence-corrected chi connectivity index (χ3v) is 6.35. The van der Waals surface area contributed by atoms with Gasteiger partial charge in [0.15, 0.2) is 0 Å². The predicted octanol–water partition coefficient (Wildman–Crippen LogP) is 4.20. The molecular weight excluding hydrogens is 377 g/mol. The second-order valence-corrected chi connectivity index (χ2v) is 8.16. The minimum Gasteiger partial charge on any atom is -0.395 e. The first-order chi connectivity index (χ1) is 13.9. The van der Waals surface area contributed by atoms with E-state index in [1.54, 1.807) is 6.07 Å². The van der Waals surface area contributed by atoms with Crippen LogP contribution in [0, 0.1) is 6.92 Å². The molecule has 0 aromatic heterocycles. The lowest BCUT2D eigenvalue weighted by Gasteiger charge is -2.38. The Labute approximate surface area is 169 Å². The van der Waals surface area contributed by atoms with Crippen molar-refractivity contribution < 1.29 is 18.3 Å². The molecule has 3 nitrogen and oxygen atoms in total. The van der Waals surface area contributed by atoms with Crippen molar-refractivity contribution in [1.29, 1.82) is 0 Å². The lowest BCUT2D eigenvalue weighted by Crippen LogP contribution is -2.48. The van der Waals surface area contributed by atoms with Crippen LogP contribution in [0.3, 0.4) is 0 Å². The minimum absolute atomic E-state index is 0.00474. The smallest absolute Gasteiger partial charge is 0.395 e. The van der Waals surface area contributed by atoms with Crippen LogP contribution in [0.4, 0.5) is 13.2 Å². The standard InChI is InChI=1S/C23H27F3N2O/c1-16-2-4-17(5-3-16)20-15-22(28-10-8-27(9-11-28)12-13-29)21-14-18(23(24,25)26)6-7-19(20)21/h2-7,14,20,22,29H,8-13,15H2,1H3/t20-,22+/m0/s1. The largest absolute Gasteiger partial charge is 0.416 e. The zero-order valence-electron chi connectivity index (χ0n) is 16.6. The molecule has 0 bridgehead atoms. The first-order valence-corrected chi connectivity index (χ1v) is 10.2. The number of benzene rings is 2. The monoisotopic (exact) mass is 404 g/mol. The average molecular weight is 404 g/mol. The minimum atomic E-state index is -4.33. The van der Waals surface area contributed by atoms with E-state index < -0.39 is 11.7 Å². The van der Waals surface area contributed by atoms with Crippen LogP contribution in [0.2, 0.25) is 0 Å². The highest BCUT2D eigenvalue weighted by Crippen LogP contribution is 2.48. The number of nitrogens with zero attached hydrogens (tertiary/aromatic N) is 2. The van der Waals surface area contributed by atoms with Crippen LogP contribution in [0.25, 0.3) is 0 Å². The summed E-state index contributed by atoms with van der Waals surface area (Å²) < 4.78 is 40.1. The molecule has 2 aromatic carbocycles. The zero-order chi connectivity index (χ0) is 20.6. The molecule has 2 atom stereocenters. The van der Waals surface area contributed by atoms with E-state index in [2.05, 4.69) is 34.1 Å². The SMILES string of the molecule is Cc1ccc([C@@H]2C[C@@H](N3CCN(CCO)CC3)c3cc(C(F)(F)F)ccc32)cc1. The van der Waals surface area contributed by atoms with Crippen LogP contribution in [0.1, 0.15) is 46.2 Å². The zero-order valence-corrected chi connectivity index (χ0v) is 16.6. The maximum atomic E-state index is 13.4. The van der Waals surface area contributed by atoms with Crippen LogP contribution in [-0.4, -0.2) is 54.2 Å². The Hall–Kier alpha value is -1.89. The fraction of sp³-hybridized carbons (Fsp3) is 0.478. The number of aliphatic hydroxyl groups is 1. The molecule has 4 rings (SSSR count). The summed E-state index contributed by atoms with van der Waals surface area (Å²) in [7, 11) is 0. The van der Waals surface area contributed by atoms with Crippen molar-refractivity contribution in [3.8, 4) is 0 Å². The highest BCUT2D eigenvalue weighted by Gasteiger charge is 2.39. The third kappa shape index (κ3) is 4.20. The van der Waals surface area contributed by atoms with Gasteiger partial charge in [-0.25, -0.2) is 0 Å². The van der Waals surface area contributed by atoms with Gasteiger partial charge in [-0.1, -0.05) is 35.9 Å². The Morgan fingerprint density at radius 2 is 1.66 bits per heavy atom. The number of halogens is 3. The molecule has 156 valence electrons. The van der Waals surface area contributed by atoms with Gasteiger partial charge in [0.25, 0.3) is 0 Å². The molecule has 2 aliphatic rings. The maximum absolute atomic E-state index is 13.4. The number of rotatable bonds is 4. The lowest BCUT2D eigenvalue weighted by molar-refractivity contribution is -0.137. The van der Waals surface area contributed by atoms with Crippen LogP contribution < -0.4 is 0 Å². The van der Waals surface area contributed by atoms with Gasteiger partial charge >= 0.3 is 6.18 Å². The van der Waals surface area contributed by atoms with E-state index in [4.69, 9.17) is 5.11 Å². The number of aryl methyl sites for hydroxylation is 1. The summed E-state index contributed by atoms with van der Waals surface area (Å²) in [6.07, 6.45) is -3.53. The molecule has 2 aromatic rings. The number of piperazine rings is 1. The fourth-order valence-corrected chi connectivity index (χ4v) is 4.73. The maximum Gasteiger partial charge on any atom is 0.416 e. The average Bonchev–Trinajstić information content (AvgIpc) is 3.08. The van der Waals surface area contributed by atoms with Crippen molar-refractivity contribution in [3.63, 3.8) is 0 Å². The molecule has 1 N–H and O–H groups in total. The number of fused-ring (bicyclic) bond motifs is 1. The van der Waals surface area contributed by atoms with Crippen molar-refractivity contribution in [3.05, 3.63) is 70.3 Å². The van der Waals surface area contributed by atoms with Gasteiger partial charge in [-0.05, 0) is 42.2 Å². The molecule has 1 aliphatic heterocycles. The van der Waals surface area contributed by atoms with Crippen LogP contribution in [0.15, 0.2) is 42.5 Å². The van der Waals surface area contributed by atoms with Crippen molar-refractivity contribution in [1.82, 2.24) is 9.80 Å². The summed E-state index contributed by atoms with van der Waals surface area (Å²) in [5.41, 5.74) is 3.62. The summed E-state index contributed by atoms with van der Waals surface area (Å²) >= 11 is 0. The molecule has 1 fully saturated rings. The number of β-amino-alcohol motifs (C(OH)–C–C–N with tert-alkyl or cyclic N) is 1. The Bertz CT molecular complexity index is 842. The van der Waals surface area contributed by atoms with Gasteiger partial charge in [0.2, 0.25) is 0 Å². The van der Waals surface area contributed by atoms with Gasteiger partial charge in [-0.2, -0.15) is 13.2 Å². The number of aliphatic hydroxyl groups excluding tert-OH is 1. The van der Waals surface area contributed by atoms with Crippen molar-refractivity contribution in [2.45, 2.75) is 31.5 Å². The number of alkyl halides is 3. The molecule has 0 amide bonds. The number of hydrogen-bond acceptors (Lipinski definition) is 3. The second kappa shape index (κ2) is 8.09. The molecule has 1 heterocycles. The quantitative estimate of drug-likeness (QED) is 0.827. The highest BCUT2D eigenvalue weighted by atomic mass is 19.4. The lowest BCUT2D eigenvalue weighted by atomic mass is 9.92. The van der Waals surface area contributed by atoms with Crippen LogP contribution >= 0.6 is 0 Å². The molecule has 29 heavy (non-hydrogen) atoms. The van der Waals surface area contributed by atoms with E-state index in [0.717, 1.165) is 49.3 Å². The Balaban J connectivity index is 1.65. The van der Waals surface area contributed by atoms with Crippen molar-refractivity contribution in [2.75, 3.05) is 39.3 Å². The van der Waals surface area contributed by atoms with E-state index in [1.807, 2.05) is 6.92 Å². The Morgan fingerprint density at radius 1 is 0.966 bits per heavy atom. The molecule has 0 radical (unpaired) electrons. The fourth-order valence-electron chi connectivity index (χ4n) is 4.73. The predicted molar refractivity (Wildman–Crippen MR) is 107 cm³/mol. The first kappa shape index (κ1) is 20.4. The van der Waals surface area contributed by atoms with Gasteiger partial charge in [-0.3, -0.25) is 9.80 Å². The van der Waals surface area contributed by atoms with E-state index in [-0.39, 0.29) is 18.6 Å². The number of hydrogen-bond donors (Lipinski definition) is 1. The first-order valence-electron chi connectivity index (χ1n) is 10.2. The van der Waals surface area contributed by atoms with E-state index >= 15 is 0 Å². The summed E-state index contributed by atoms with van der Waals surface area (Å²) in [5, 5.41) is 9.15. The molecule has 1 saturated heterocycles. The third-order valence-electron chi connectivity index (χ3n) is 6.35. The van der Waals surface area contributed by atoms with Crippen LogP contribution in [0.5, 0.6) is 0 Å². The molecular formula is C23H27F3N2O. The van der Waals surface area contributed by atoms with E-state index in [0.29, 0.717) is 6.54 Å². The molecule has 0 unspecified atom stereocenters. The van der Waals surface area contributed by atoms with E-state index in [1.165, 1.54) is 17.7 Å². The summed E-state index contributed by atoms with van der Waals surface area (Å²) in [6, 6.07) is 12.6. The topological polar surface area (TPSA) is 26.7 Å². The molecule has 0 saturated carbocycles. The van der Waals surface area contributed by atoms with Gasteiger partial charge in [0.1, 0.15) is 0 Å². The van der Waals surface area contributed by atoms with Crippen molar-refractivity contribution in [2.24, 2.45) is 0 Å². The van der Waals surface area contributed by atoms with Crippen molar-refractivity contribution >= 4 is 0 Å². The van der Waals surface area contributed by atoms with Crippen LogP contribution in [-0.2, 0) is 6.18 Å². The summed E-state index contributed by atoms with van der Waals surface area (Å²) in [6.45, 7) is 6.11. The normalized spacial score (nSPS) is 23.3. The molecule has 0 spiro atoms. The van der Waals surface area contributed by atoms with Gasteiger partial charge in [-0.15, -0.1) is 0 Å². The second-order valence-electron chi connectivity index (χ2n) is 8.16. The van der Waals surface area contributed by atoms with Gasteiger partial charge < -0.3 is 5.11 Å². The van der Waals surface area contributed by atoms with Gasteiger partial charge in [0, 0.05) is 44.7 Å². The summed E-state index contributed by atoms with van der Waals surface area (Å²) in [4.78, 5) is 4.52. The molecule has 6 heteroatoms. The van der Waals surface area contributed by atoms with Gasteiger partial charge in [0.05, 0.1) is 12.2 Å². The molecule has 1 aliphatic carbocycles. The van der Waals surface area contributed by atoms with E-state index in [9.17, 15) is 13.2 Å².